The van der Waals surface area contributed by atoms with E-state index < -0.39 is 46.8 Å². The molecule has 0 aromatic heterocycles. The van der Waals surface area contributed by atoms with Gasteiger partial charge in [-0.2, -0.15) is 0 Å². The van der Waals surface area contributed by atoms with Gasteiger partial charge in [0.2, 0.25) is 5.91 Å². The Kier molecular flexibility index (Phi) is 12.5. The van der Waals surface area contributed by atoms with Crippen LogP contribution in [-0.2, 0) is 19.1 Å². The van der Waals surface area contributed by atoms with Crippen molar-refractivity contribution in [2.24, 2.45) is 63.6 Å². The highest BCUT2D eigenvalue weighted by Gasteiger charge is 2.67. The molecule has 0 aliphatic heterocycles. The third-order valence-corrected chi connectivity index (χ3v) is 20.2. The van der Waals surface area contributed by atoms with Crippen molar-refractivity contribution in [1.29, 1.82) is 0 Å². The molecule has 5 N–H and O–H groups in total. The van der Waals surface area contributed by atoms with Crippen LogP contribution in [0.5, 0.6) is 0 Å². The summed E-state index contributed by atoms with van der Waals surface area (Å²) in [4.78, 5) is 53.3. The topological polar surface area (TPSA) is 174 Å². The monoisotopic (exact) mass is 907 g/mol. The van der Waals surface area contributed by atoms with Crippen LogP contribution in [-0.4, -0.2) is 81.7 Å². The zero-order chi connectivity index (χ0) is 47.1. The number of aliphatic carboxylic acids is 1. The highest BCUT2D eigenvalue weighted by Crippen LogP contribution is 2.70. The van der Waals surface area contributed by atoms with Gasteiger partial charge >= 0.3 is 12.1 Å². The second kappa shape index (κ2) is 17.5. The van der Waals surface area contributed by atoms with Crippen LogP contribution in [0.3, 0.4) is 0 Å². The Balaban J connectivity index is 0.905. The number of aliphatic hydroxyl groups excluding tert-OH is 2. The fourth-order valence-corrected chi connectivity index (χ4v) is 16.7. The van der Waals surface area contributed by atoms with Crippen LogP contribution in [0.4, 0.5) is 10.5 Å². The first-order valence-electron chi connectivity index (χ1n) is 25.3. The number of allylic oxidation sites excluding steroid dienone is 4. The van der Waals surface area contributed by atoms with Crippen molar-refractivity contribution in [3.8, 4) is 11.8 Å². The molecule has 0 saturated heterocycles. The van der Waals surface area contributed by atoms with E-state index in [9.17, 15) is 39.6 Å². The average Bonchev–Trinajstić information content (AvgIpc) is 3.78. The van der Waals surface area contributed by atoms with E-state index in [0.29, 0.717) is 62.5 Å². The summed E-state index contributed by atoms with van der Waals surface area (Å²) in [6.07, 6.45) is 11.1. The molecule has 1 aromatic rings. The van der Waals surface area contributed by atoms with E-state index in [1.807, 2.05) is 18.2 Å². The van der Waals surface area contributed by atoms with E-state index in [-0.39, 0.29) is 71.5 Å². The number of nitrogens with one attached hydrogen (secondary N) is 1. The Morgan fingerprint density at radius 1 is 0.939 bits per heavy atom. The number of carboxylic acid groups (broad SMARTS) is 1. The van der Waals surface area contributed by atoms with Crippen molar-refractivity contribution in [1.82, 2.24) is 5.32 Å². The molecule has 16 atom stereocenters. The van der Waals surface area contributed by atoms with E-state index in [4.69, 9.17) is 4.74 Å². The summed E-state index contributed by atoms with van der Waals surface area (Å²) < 4.78 is 6.41. The molecule has 2 amide bonds. The van der Waals surface area contributed by atoms with Crippen molar-refractivity contribution in [2.75, 3.05) is 18.5 Å². The number of carbonyl (C=O) groups excluding carboxylic acids is 3. The molecule has 0 unspecified atom stereocenters. The molecular formula is C55H74N2O9. The minimum absolute atomic E-state index is 0.00227. The quantitative estimate of drug-likeness (QED) is 0.152. The summed E-state index contributed by atoms with van der Waals surface area (Å²) in [6.45, 7) is 10.4. The lowest BCUT2D eigenvalue weighted by molar-refractivity contribution is -0.206. The van der Waals surface area contributed by atoms with Crippen molar-refractivity contribution in [3.63, 3.8) is 0 Å². The number of ketones is 1. The molecule has 358 valence electrons. The van der Waals surface area contributed by atoms with E-state index in [0.717, 1.165) is 56.9 Å². The Morgan fingerprint density at radius 2 is 1.70 bits per heavy atom. The number of ether oxygens (including phenoxy) is 1. The van der Waals surface area contributed by atoms with E-state index in [1.54, 1.807) is 18.9 Å². The van der Waals surface area contributed by atoms with Gasteiger partial charge in [-0.25, -0.2) is 4.79 Å². The van der Waals surface area contributed by atoms with Crippen LogP contribution in [0.15, 0.2) is 47.1 Å². The fraction of sp³-hybridized carbons (Fsp3) is 0.709. The van der Waals surface area contributed by atoms with Gasteiger partial charge in [0.25, 0.3) is 0 Å². The molecule has 0 bridgehead atoms. The second-order valence-electron chi connectivity index (χ2n) is 23.0. The normalized spacial score (nSPS) is 41.6. The SMILES string of the molecule is CC#C[C@]1(O)CC[C@H]2[C@@H]3CCC4=CC(=O)CCC4=C3[C@@H](c3ccc(N(C)C(=O)CNC(=O)O[C@@H]4C[C@@H]5C[C@H](O)CC[C@]5(C)[C@H]5C[C@H](O)[C@]6(C)[C@@H]([C@H](C)CCC(=O)O)CC[C@H]6[C@H]45)cc3)C[C@@]21C. The van der Waals surface area contributed by atoms with Crippen molar-refractivity contribution in [2.45, 2.75) is 167 Å². The number of hydrogen-bond donors (Lipinski definition) is 5. The number of benzene rings is 1. The maximum atomic E-state index is 13.8. The van der Waals surface area contributed by atoms with Crippen LogP contribution in [0.25, 0.3) is 0 Å². The largest absolute Gasteiger partial charge is 0.481 e. The maximum Gasteiger partial charge on any atom is 0.407 e. The van der Waals surface area contributed by atoms with Gasteiger partial charge in [-0.15, -0.1) is 5.92 Å². The van der Waals surface area contributed by atoms with E-state index in [1.165, 1.54) is 16.7 Å². The van der Waals surface area contributed by atoms with Gasteiger partial charge in [0.15, 0.2) is 5.78 Å². The van der Waals surface area contributed by atoms with Gasteiger partial charge in [-0.3, -0.25) is 14.4 Å². The van der Waals surface area contributed by atoms with Crippen LogP contribution < -0.4 is 10.2 Å². The molecule has 6 saturated carbocycles. The summed E-state index contributed by atoms with van der Waals surface area (Å²) in [7, 11) is 1.71. The highest BCUT2D eigenvalue weighted by atomic mass is 16.6. The second-order valence-corrected chi connectivity index (χ2v) is 23.0. The molecule has 11 heteroatoms. The first-order valence-corrected chi connectivity index (χ1v) is 25.3. The first-order chi connectivity index (χ1) is 31.3. The standard InChI is InChI=1S/C55H74N2O9/c1-7-22-55(65)24-21-42-39-15-11-33-25-36(58)14-16-38(33)49(39)40(29-53(42,55)4)32-9-12-35(13-10-32)57(6)47(61)30-56-51(64)66-45-27-34-26-37(59)20-23-52(34,3)44-28-46(60)54(5)41(17-18-43(54)50(44)45)31(2)8-19-48(62)63/h9-10,12-13,25,31,34,37,39-46,50,59-60,65H,8,11,14-21,23-24,26-30H2,1-6H3,(H,56,64)(H,62,63)/t31-,34+,37-,39+,40-,41-,42+,43+,44+,45-,46+,50+,52+,53+,54-,55+/m1/s1. The number of anilines is 1. The smallest absolute Gasteiger partial charge is 0.407 e. The number of aliphatic hydroxyl groups is 3. The molecule has 11 nitrogen and oxygen atoms in total. The van der Waals surface area contributed by atoms with Crippen LogP contribution in [0, 0.1) is 75.4 Å². The lowest BCUT2D eigenvalue weighted by atomic mass is 9.43. The Hall–Kier alpha value is -3.98. The molecule has 8 aliphatic rings. The summed E-state index contributed by atoms with van der Waals surface area (Å²) in [6, 6.07) is 8.10. The molecule has 6 fully saturated rings. The first kappa shape index (κ1) is 47.1. The summed E-state index contributed by atoms with van der Waals surface area (Å²) in [5, 5.41) is 47.3. The number of carbonyl (C=O) groups is 4. The van der Waals surface area contributed by atoms with Gasteiger partial charge in [0, 0.05) is 42.8 Å². The number of alkyl carbamates (subject to hydrolysis) is 1. The number of carboxylic acids is 1. The van der Waals surface area contributed by atoms with Crippen molar-refractivity contribution >= 4 is 29.4 Å². The Labute approximate surface area is 391 Å². The average molecular weight is 907 g/mol. The zero-order valence-corrected chi connectivity index (χ0v) is 40.1. The lowest BCUT2D eigenvalue weighted by Crippen LogP contribution is -2.63. The van der Waals surface area contributed by atoms with Crippen molar-refractivity contribution in [3.05, 3.63) is 52.6 Å². The minimum atomic E-state index is -1.07. The van der Waals surface area contributed by atoms with Gasteiger partial charge in [-0.1, -0.05) is 51.3 Å². The molecule has 0 spiro atoms. The van der Waals surface area contributed by atoms with Gasteiger partial charge in [0.05, 0.1) is 12.2 Å². The van der Waals surface area contributed by atoms with Crippen LogP contribution >= 0.6 is 0 Å². The number of hydrogen-bond acceptors (Lipinski definition) is 8. The fourth-order valence-electron chi connectivity index (χ4n) is 16.7. The summed E-state index contributed by atoms with van der Waals surface area (Å²) in [5.74, 6) is 6.58. The highest BCUT2D eigenvalue weighted by molar-refractivity contribution is 5.95. The molecule has 8 aliphatic carbocycles. The third kappa shape index (κ3) is 7.68. The predicted octanol–water partition coefficient (Wildman–Crippen LogP) is 8.50. The molecule has 9 rings (SSSR count). The minimum Gasteiger partial charge on any atom is -0.481 e. The number of rotatable bonds is 9. The third-order valence-electron chi connectivity index (χ3n) is 20.2. The van der Waals surface area contributed by atoms with E-state index >= 15 is 0 Å². The maximum absolute atomic E-state index is 13.8. The van der Waals surface area contributed by atoms with Gasteiger partial charge < -0.3 is 35.4 Å². The Bertz CT molecular complexity index is 2240. The zero-order valence-electron chi connectivity index (χ0n) is 40.1. The Morgan fingerprint density at radius 3 is 2.42 bits per heavy atom. The van der Waals surface area contributed by atoms with Gasteiger partial charge in [0.1, 0.15) is 18.2 Å². The van der Waals surface area contributed by atoms with E-state index in [2.05, 4.69) is 57.0 Å². The predicted molar refractivity (Wildman–Crippen MR) is 251 cm³/mol. The molecule has 0 radical (unpaired) electrons. The molecule has 0 heterocycles. The molecule has 66 heavy (non-hydrogen) atoms. The van der Waals surface area contributed by atoms with Crippen LogP contribution in [0.2, 0.25) is 0 Å². The summed E-state index contributed by atoms with van der Waals surface area (Å²) in [5.41, 5.74) is 3.72. The van der Waals surface area contributed by atoms with Crippen molar-refractivity contribution < 1.29 is 44.3 Å². The summed E-state index contributed by atoms with van der Waals surface area (Å²) >= 11 is 0. The molecule has 1 aromatic carbocycles. The van der Waals surface area contributed by atoms with Crippen LogP contribution in [0.1, 0.15) is 149 Å². The molecular weight excluding hydrogens is 833 g/mol. The number of nitrogens with zero attached hydrogens (tertiary/aromatic N) is 1. The lowest BCUT2D eigenvalue weighted by Gasteiger charge is -2.63. The number of amides is 2. The van der Waals surface area contributed by atoms with Gasteiger partial charge in [-0.05, 0) is 184 Å². The number of likely N-dealkylation sites (N-methyl/N-ethyl adjacent to an activating group) is 1. The number of fused-ring (bicyclic) bond motifs is 9.